The second-order valence-corrected chi connectivity index (χ2v) is 4.14. The highest BCUT2D eigenvalue weighted by Gasteiger charge is 2.08. The van der Waals surface area contributed by atoms with Crippen LogP contribution in [-0.4, -0.2) is 11.5 Å². The minimum Gasteiger partial charge on any atom is -0.366 e. The van der Waals surface area contributed by atoms with Gasteiger partial charge in [0, 0.05) is 28.0 Å². The number of benzene rings is 1. The molecular weight excluding hydrogens is 271 g/mol. The second-order valence-electron chi connectivity index (χ2n) is 3.29. The summed E-state index contributed by atoms with van der Waals surface area (Å²) in [6.45, 7) is 4.21. The van der Waals surface area contributed by atoms with Crippen LogP contribution in [0.25, 0.3) is 10.8 Å². The van der Waals surface area contributed by atoms with Crippen molar-refractivity contribution in [2.75, 3.05) is 11.9 Å². The summed E-state index contributed by atoms with van der Waals surface area (Å²) in [5.74, 6) is 0.408. The minimum atomic E-state index is -0.256. The third-order valence-corrected chi connectivity index (χ3v) is 2.83. The number of halogens is 2. The van der Waals surface area contributed by atoms with Crippen molar-refractivity contribution in [1.29, 1.82) is 0 Å². The number of hydrogen-bond donors (Lipinski definition) is 1. The maximum Gasteiger partial charge on any atom is 0.134 e. The van der Waals surface area contributed by atoms with E-state index < -0.39 is 0 Å². The van der Waals surface area contributed by atoms with Gasteiger partial charge in [-0.2, -0.15) is 0 Å². The molecule has 2 nitrogen and oxygen atoms in total. The second kappa shape index (κ2) is 4.61. The largest absolute Gasteiger partial charge is 0.366 e. The molecule has 2 rings (SSSR count). The Bertz CT molecular complexity index is 532. The quantitative estimate of drug-likeness (QED) is 0.867. The van der Waals surface area contributed by atoms with Crippen LogP contribution in [0.15, 0.2) is 41.5 Å². The third-order valence-electron chi connectivity index (χ3n) is 2.23. The van der Waals surface area contributed by atoms with Crippen LogP contribution in [0.2, 0.25) is 0 Å². The Labute approximate surface area is 101 Å². The maximum atomic E-state index is 13.6. The Balaban J connectivity index is 2.64. The molecule has 0 atom stereocenters. The molecule has 1 heterocycles. The van der Waals surface area contributed by atoms with E-state index in [2.05, 4.69) is 32.8 Å². The zero-order valence-corrected chi connectivity index (χ0v) is 10.1. The van der Waals surface area contributed by atoms with Gasteiger partial charge in [0.1, 0.15) is 11.6 Å². The van der Waals surface area contributed by atoms with Crippen molar-refractivity contribution in [2.45, 2.75) is 0 Å². The number of nitrogens with one attached hydrogen (secondary N) is 1. The van der Waals surface area contributed by atoms with Crippen LogP contribution < -0.4 is 5.32 Å². The molecule has 1 N–H and O–H groups in total. The van der Waals surface area contributed by atoms with Crippen molar-refractivity contribution in [2.24, 2.45) is 0 Å². The van der Waals surface area contributed by atoms with Gasteiger partial charge < -0.3 is 5.32 Å². The number of nitrogens with zero attached hydrogens (tertiary/aromatic N) is 1. The van der Waals surface area contributed by atoms with Crippen molar-refractivity contribution in [3.8, 4) is 0 Å². The molecule has 0 aliphatic rings. The molecule has 0 bridgehead atoms. The lowest BCUT2D eigenvalue weighted by Crippen LogP contribution is -2.01. The molecule has 0 aliphatic carbocycles. The van der Waals surface area contributed by atoms with Crippen LogP contribution in [0.5, 0.6) is 0 Å². The van der Waals surface area contributed by atoms with E-state index in [0.717, 1.165) is 5.39 Å². The smallest absolute Gasteiger partial charge is 0.134 e. The molecule has 0 amide bonds. The normalized spacial score (nSPS) is 10.4. The molecule has 4 heteroatoms. The van der Waals surface area contributed by atoms with E-state index in [0.29, 0.717) is 22.2 Å². The molecule has 0 radical (unpaired) electrons. The minimum absolute atomic E-state index is 0.256. The highest BCUT2D eigenvalue weighted by molar-refractivity contribution is 9.10. The Morgan fingerprint density at radius 1 is 1.50 bits per heavy atom. The molecule has 1 aromatic carbocycles. The molecule has 16 heavy (non-hydrogen) atoms. The van der Waals surface area contributed by atoms with Gasteiger partial charge in [0.25, 0.3) is 0 Å². The van der Waals surface area contributed by atoms with Crippen molar-refractivity contribution >= 4 is 32.5 Å². The summed E-state index contributed by atoms with van der Waals surface area (Å²) < 4.78 is 14.3. The van der Waals surface area contributed by atoms with Gasteiger partial charge in [0.05, 0.1) is 0 Å². The van der Waals surface area contributed by atoms with Crippen molar-refractivity contribution in [3.63, 3.8) is 0 Å². The molecule has 2 aromatic rings. The Hall–Kier alpha value is -1.42. The molecule has 0 saturated heterocycles. The molecule has 0 fully saturated rings. The highest BCUT2D eigenvalue weighted by Crippen LogP contribution is 2.29. The van der Waals surface area contributed by atoms with Crippen molar-refractivity contribution < 1.29 is 4.39 Å². The van der Waals surface area contributed by atoms with Gasteiger partial charge in [0.15, 0.2) is 0 Å². The maximum absolute atomic E-state index is 13.6. The average molecular weight is 281 g/mol. The summed E-state index contributed by atoms with van der Waals surface area (Å²) in [5.41, 5.74) is 0. The molecule has 0 aliphatic heterocycles. The number of rotatable bonds is 3. The first kappa shape index (κ1) is 11.1. The first-order valence-electron chi connectivity index (χ1n) is 4.81. The van der Waals surface area contributed by atoms with Crippen LogP contribution in [0.4, 0.5) is 10.2 Å². The monoisotopic (exact) mass is 280 g/mol. The Morgan fingerprint density at radius 3 is 3.06 bits per heavy atom. The number of fused-ring (bicyclic) bond motifs is 1. The first-order chi connectivity index (χ1) is 7.74. The summed E-state index contributed by atoms with van der Waals surface area (Å²) in [6, 6.07) is 4.94. The van der Waals surface area contributed by atoms with Crippen LogP contribution in [0, 0.1) is 5.82 Å². The summed E-state index contributed by atoms with van der Waals surface area (Å²) in [7, 11) is 0. The summed E-state index contributed by atoms with van der Waals surface area (Å²) >= 11 is 3.30. The van der Waals surface area contributed by atoms with Gasteiger partial charge in [-0.15, -0.1) is 6.58 Å². The Morgan fingerprint density at radius 2 is 2.31 bits per heavy atom. The summed E-state index contributed by atoms with van der Waals surface area (Å²) in [4.78, 5) is 4.21. The van der Waals surface area contributed by atoms with E-state index >= 15 is 0 Å². The molecule has 82 valence electrons. The van der Waals surface area contributed by atoms with E-state index in [1.807, 2.05) is 6.07 Å². The summed E-state index contributed by atoms with van der Waals surface area (Å²) in [6.07, 6.45) is 3.33. The lowest BCUT2D eigenvalue weighted by molar-refractivity contribution is 0.639. The first-order valence-corrected chi connectivity index (χ1v) is 5.61. The lowest BCUT2D eigenvalue weighted by Gasteiger charge is -2.08. The van der Waals surface area contributed by atoms with Gasteiger partial charge >= 0.3 is 0 Å². The van der Waals surface area contributed by atoms with Crippen LogP contribution in [-0.2, 0) is 0 Å². The van der Waals surface area contributed by atoms with E-state index in [-0.39, 0.29) is 5.82 Å². The van der Waals surface area contributed by atoms with Crippen LogP contribution in [0.3, 0.4) is 0 Å². The van der Waals surface area contributed by atoms with Gasteiger partial charge in [-0.3, -0.25) is 0 Å². The fraction of sp³-hybridized carbons (Fsp3) is 0.0833. The molecule has 0 unspecified atom stereocenters. The van der Waals surface area contributed by atoms with Gasteiger partial charge in [-0.05, 0) is 22.0 Å². The van der Waals surface area contributed by atoms with Crippen LogP contribution in [0.1, 0.15) is 0 Å². The van der Waals surface area contributed by atoms with Gasteiger partial charge in [-0.25, -0.2) is 9.37 Å². The topological polar surface area (TPSA) is 24.9 Å². The number of pyridine rings is 1. The standard InChI is InChI=1S/C12H10BrFN2/c1-2-6-15-12-8-4-3-5-10(14)11(8)9(13)7-16-12/h2-5,7H,1,6H2,(H,15,16). The Kier molecular flexibility index (Phi) is 3.19. The molecular formula is C12H10BrFN2. The van der Waals surface area contributed by atoms with E-state index in [1.54, 1.807) is 18.3 Å². The predicted octanol–water partition coefficient (Wildman–Crippen LogP) is 3.73. The fourth-order valence-corrected chi connectivity index (χ4v) is 2.03. The third kappa shape index (κ3) is 1.93. The molecule has 0 saturated carbocycles. The average Bonchev–Trinajstić information content (AvgIpc) is 2.28. The molecule has 0 spiro atoms. The van der Waals surface area contributed by atoms with Crippen molar-refractivity contribution in [1.82, 2.24) is 4.98 Å². The van der Waals surface area contributed by atoms with Gasteiger partial charge in [-0.1, -0.05) is 18.2 Å². The number of aromatic nitrogens is 1. The van der Waals surface area contributed by atoms with E-state index in [1.165, 1.54) is 6.07 Å². The predicted molar refractivity (Wildman–Crippen MR) is 68.1 cm³/mol. The highest BCUT2D eigenvalue weighted by atomic mass is 79.9. The lowest BCUT2D eigenvalue weighted by atomic mass is 10.1. The molecule has 1 aromatic heterocycles. The van der Waals surface area contributed by atoms with E-state index in [4.69, 9.17) is 0 Å². The zero-order valence-electron chi connectivity index (χ0n) is 8.50. The number of hydrogen-bond acceptors (Lipinski definition) is 2. The zero-order chi connectivity index (χ0) is 11.5. The fourth-order valence-electron chi connectivity index (χ4n) is 1.53. The number of anilines is 1. The van der Waals surface area contributed by atoms with Crippen LogP contribution >= 0.6 is 15.9 Å². The van der Waals surface area contributed by atoms with Crippen molar-refractivity contribution in [3.05, 3.63) is 47.3 Å². The van der Waals surface area contributed by atoms with Gasteiger partial charge in [0.2, 0.25) is 0 Å². The summed E-state index contributed by atoms with van der Waals surface area (Å²) in [5, 5.41) is 4.38. The SMILES string of the molecule is C=CCNc1ncc(Br)c2c(F)cccc12. The van der Waals surface area contributed by atoms with E-state index in [9.17, 15) is 4.39 Å².